The Bertz CT molecular complexity index is 441. The molecular weight excluding hydrogens is 265 g/mol. The minimum atomic E-state index is -0.417. The van der Waals surface area contributed by atoms with Crippen molar-refractivity contribution in [2.24, 2.45) is 11.7 Å². The number of amides is 1. The van der Waals surface area contributed by atoms with Gasteiger partial charge in [0, 0.05) is 24.7 Å². The number of hydrogen-bond acceptors (Lipinski definition) is 3. The molecule has 0 unspecified atom stereocenters. The van der Waals surface area contributed by atoms with Gasteiger partial charge in [-0.1, -0.05) is 44.7 Å². The Kier molecular flexibility index (Phi) is 6.27. The van der Waals surface area contributed by atoms with Gasteiger partial charge in [0.25, 0.3) is 0 Å². The molecule has 1 aliphatic heterocycles. The first-order chi connectivity index (χ1) is 10.2. The van der Waals surface area contributed by atoms with Crippen LogP contribution >= 0.6 is 0 Å². The second-order valence-electron chi connectivity index (χ2n) is 5.70. The van der Waals surface area contributed by atoms with Gasteiger partial charge in [0.05, 0.1) is 0 Å². The Morgan fingerprint density at radius 3 is 2.43 bits per heavy atom. The lowest BCUT2D eigenvalue weighted by Crippen LogP contribution is -2.44. The van der Waals surface area contributed by atoms with Crippen molar-refractivity contribution in [3.63, 3.8) is 0 Å². The molecule has 4 nitrogen and oxygen atoms in total. The highest BCUT2D eigenvalue weighted by Crippen LogP contribution is 2.16. The maximum atomic E-state index is 11.0. The Morgan fingerprint density at radius 1 is 1.19 bits per heavy atom. The van der Waals surface area contributed by atoms with E-state index >= 15 is 0 Å². The maximum absolute atomic E-state index is 11.0. The Balaban J connectivity index is 1.76. The molecule has 1 fully saturated rings. The van der Waals surface area contributed by atoms with E-state index < -0.39 is 5.91 Å². The zero-order valence-electron chi connectivity index (χ0n) is 12.7. The monoisotopic (exact) mass is 289 g/mol. The first-order valence-corrected chi connectivity index (χ1v) is 7.83. The summed E-state index contributed by atoms with van der Waals surface area (Å²) >= 11 is 0. The van der Waals surface area contributed by atoms with E-state index in [9.17, 15) is 4.79 Å². The molecule has 1 aliphatic rings. The molecule has 114 valence electrons. The van der Waals surface area contributed by atoms with Gasteiger partial charge in [0.15, 0.2) is 0 Å². The number of nitrogens with two attached hydrogens (primary N) is 1. The highest BCUT2D eigenvalue weighted by molar-refractivity contribution is 6.61. The molecule has 21 heavy (non-hydrogen) atoms. The molecule has 1 heterocycles. The molecule has 0 aromatic heterocycles. The summed E-state index contributed by atoms with van der Waals surface area (Å²) in [5.74, 6) is 0.0853. The van der Waals surface area contributed by atoms with Gasteiger partial charge in [-0.2, -0.15) is 0 Å². The van der Waals surface area contributed by atoms with E-state index in [4.69, 9.17) is 15.0 Å². The van der Waals surface area contributed by atoms with Crippen molar-refractivity contribution in [2.45, 2.75) is 39.0 Å². The number of benzene rings is 1. The highest BCUT2D eigenvalue weighted by Gasteiger charge is 2.28. The molecule has 1 aromatic rings. The average Bonchev–Trinajstić information content (AvgIpc) is 2.52. The van der Waals surface area contributed by atoms with Crippen molar-refractivity contribution in [3.8, 4) is 0 Å². The molecule has 0 aliphatic carbocycles. The van der Waals surface area contributed by atoms with Gasteiger partial charge in [-0.3, -0.25) is 4.79 Å². The summed E-state index contributed by atoms with van der Waals surface area (Å²) < 4.78 is 11.6. The maximum Gasteiger partial charge on any atom is 0.493 e. The van der Waals surface area contributed by atoms with E-state index in [1.165, 1.54) is 32.1 Å². The van der Waals surface area contributed by atoms with Crippen LogP contribution in [-0.4, -0.2) is 26.2 Å². The van der Waals surface area contributed by atoms with Crippen LogP contribution in [0.15, 0.2) is 24.3 Å². The molecule has 5 heteroatoms. The summed E-state index contributed by atoms with van der Waals surface area (Å²) in [7, 11) is -0.321. The topological polar surface area (TPSA) is 61.5 Å². The molecule has 0 bridgehead atoms. The molecule has 1 aromatic carbocycles. The SMILES string of the molecule is CCCCCCC1COB(c2ccc(C(N)=O)cc2)OC1. The van der Waals surface area contributed by atoms with Crippen molar-refractivity contribution < 1.29 is 14.1 Å². The number of carbonyl (C=O) groups is 1. The molecule has 2 rings (SSSR count). The fraction of sp³-hybridized carbons (Fsp3) is 0.562. The van der Waals surface area contributed by atoms with Crippen LogP contribution in [-0.2, 0) is 9.31 Å². The number of hydrogen-bond donors (Lipinski definition) is 1. The van der Waals surface area contributed by atoms with Crippen LogP contribution in [0, 0.1) is 5.92 Å². The van der Waals surface area contributed by atoms with Crippen LogP contribution in [0.1, 0.15) is 49.4 Å². The quantitative estimate of drug-likeness (QED) is 0.617. The fourth-order valence-corrected chi connectivity index (χ4v) is 2.57. The van der Waals surface area contributed by atoms with Crippen molar-refractivity contribution in [3.05, 3.63) is 29.8 Å². The average molecular weight is 289 g/mol. The molecule has 0 saturated carbocycles. The minimum absolute atomic E-state index is 0.321. The van der Waals surface area contributed by atoms with E-state index in [1.54, 1.807) is 12.1 Å². The first-order valence-electron chi connectivity index (χ1n) is 7.83. The van der Waals surface area contributed by atoms with Gasteiger partial charge >= 0.3 is 7.12 Å². The summed E-state index contributed by atoms with van der Waals surface area (Å²) in [5.41, 5.74) is 6.66. The van der Waals surface area contributed by atoms with Crippen molar-refractivity contribution in [1.29, 1.82) is 0 Å². The van der Waals surface area contributed by atoms with Gasteiger partial charge in [0.2, 0.25) is 5.91 Å². The number of primary amides is 1. The Labute approximate surface area is 127 Å². The summed E-state index contributed by atoms with van der Waals surface area (Å²) in [6, 6.07) is 7.10. The Morgan fingerprint density at radius 2 is 1.86 bits per heavy atom. The first kappa shape index (κ1) is 16.1. The van der Waals surface area contributed by atoms with Crippen LogP contribution in [0.3, 0.4) is 0 Å². The molecule has 0 spiro atoms. The molecule has 1 amide bonds. The van der Waals surface area contributed by atoms with E-state index in [2.05, 4.69) is 6.92 Å². The van der Waals surface area contributed by atoms with Crippen LogP contribution in [0.5, 0.6) is 0 Å². The van der Waals surface area contributed by atoms with E-state index in [1.807, 2.05) is 12.1 Å². The summed E-state index contributed by atoms with van der Waals surface area (Å²) in [6.07, 6.45) is 6.30. The van der Waals surface area contributed by atoms with Crippen molar-refractivity contribution in [1.82, 2.24) is 0 Å². The summed E-state index contributed by atoms with van der Waals surface area (Å²) in [4.78, 5) is 11.0. The van der Waals surface area contributed by atoms with Crippen LogP contribution in [0.25, 0.3) is 0 Å². The van der Waals surface area contributed by atoms with Gasteiger partial charge in [-0.05, 0) is 24.0 Å². The summed E-state index contributed by atoms with van der Waals surface area (Å²) in [5, 5.41) is 0. The van der Waals surface area contributed by atoms with E-state index in [0.717, 1.165) is 18.7 Å². The molecular formula is C16H24BNO3. The fourth-order valence-electron chi connectivity index (χ4n) is 2.57. The zero-order chi connectivity index (χ0) is 15.1. The predicted molar refractivity (Wildman–Crippen MR) is 84.5 cm³/mol. The zero-order valence-corrected chi connectivity index (χ0v) is 12.7. The molecule has 0 radical (unpaired) electrons. The normalized spacial score (nSPS) is 16.1. The lowest BCUT2D eigenvalue weighted by atomic mass is 9.77. The standard InChI is InChI=1S/C16H24BNO3/c1-2-3-4-5-6-13-11-20-17(21-12-13)15-9-7-14(8-10-15)16(18)19/h7-10,13H,2-6,11-12H2,1H3,(H2,18,19). The van der Waals surface area contributed by atoms with Gasteiger partial charge < -0.3 is 15.0 Å². The number of carbonyl (C=O) groups excluding carboxylic acids is 1. The van der Waals surface area contributed by atoms with E-state index in [-0.39, 0.29) is 7.12 Å². The third kappa shape index (κ3) is 4.86. The van der Waals surface area contributed by atoms with Crippen LogP contribution in [0.4, 0.5) is 0 Å². The second-order valence-corrected chi connectivity index (χ2v) is 5.70. The summed E-state index contributed by atoms with van der Waals surface area (Å²) in [6.45, 7) is 3.71. The van der Waals surface area contributed by atoms with E-state index in [0.29, 0.717) is 11.5 Å². The largest absolute Gasteiger partial charge is 0.493 e. The third-order valence-electron chi connectivity index (χ3n) is 3.90. The smallest absolute Gasteiger partial charge is 0.407 e. The highest BCUT2D eigenvalue weighted by atomic mass is 16.6. The Hall–Kier alpha value is -1.33. The molecule has 1 saturated heterocycles. The van der Waals surface area contributed by atoms with Crippen molar-refractivity contribution in [2.75, 3.05) is 13.2 Å². The van der Waals surface area contributed by atoms with Gasteiger partial charge in [0.1, 0.15) is 0 Å². The van der Waals surface area contributed by atoms with Gasteiger partial charge in [-0.15, -0.1) is 0 Å². The number of unbranched alkanes of at least 4 members (excludes halogenated alkanes) is 3. The lowest BCUT2D eigenvalue weighted by molar-refractivity contribution is 0.0810. The van der Waals surface area contributed by atoms with Gasteiger partial charge in [-0.25, -0.2) is 0 Å². The number of rotatable bonds is 7. The van der Waals surface area contributed by atoms with Crippen molar-refractivity contribution >= 4 is 18.5 Å². The second kappa shape index (κ2) is 8.20. The van der Waals surface area contributed by atoms with Crippen LogP contribution in [0.2, 0.25) is 0 Å². The molecule has 2 N–H and O–H groups in total. The lowest BCUT2D eigenvalue weighted by Gasteiger charge is -2.27. The molecule has 0 atom stereocenters. The van der Waals surface area contributed by atoms with Crippen LogP contribution < -0.4 is 11.2 Å². The third-order valence-corrected chi connectivity index (χ3v) is 3.90. The minimum Gasteiger partial charge on any atom is -0.407 e. The predicted octanol–water partition coefficient (Wildman–Crippen LogP) is 2.11.